The molecule has 25 heavy (non-hydrogen) atoms. The van der Waals surface area contributed by atoms with Crippen molar-refractivity contribution < 1.29 is 19.1 Å². The summed E-state index contributed by atoms with van der Waals surface area (Å²) in [4.78, 5) is 24.4. The van der Waals surface area contributed by atoms with Crippen molar-refractivity contribution in [1.29, 1.82) is 0 Å². The van der Waals surface area contributed by atoms with Gasteiger partial charge in [-0.3, -0.25) is 0 Å². The number of carbonyl (C=O) groups excluding carboxylic acids is 2. The average molecular weight is 346 g/mol. The summed E-state index contributed by atoms with van der Waals surface area (Å²) >= 11 is 0. The summed E-state index contributed by atoms with van der Waals surface area (Å²) in [6.45, 7) is 8.47. The predicted molar refractivity (Wildman–Crippen MR) is 99.8 cm³/mol. The van der Waals surface area contributed by atoms with Crippen molar-refractivity contribution in [2.24, 2.45) is 0 Å². The minimum atomic E-state index is -0.506. The minimum Gasteiger partial charge on any atom is -0.462 e. The quantitative estimate of drug-likeness (QED) is 0.292. The van der Waals surface area contributed by atoms with Gasteiger partial charge in [0.2, 0.25) is 0 Å². The second kappa shape index (κ2) is 12.3. The van der Waals surface area contributed by atoms with Crippen LogP contribution < -0.4 is 0 Å². The van der Waals surface area contributed by atoms with Gasteiger partial charge in [0, 0.05) is 6.42 Å². The van der Waals surface area contributed by atoms with Crippen molar-refractivity contribution in [2.75, 3.05) is 13.2 Å². The van der Waals surface area contributed by atoms with Crippen molar-refractivity contribution in [3.05, 3.63) is 47.5 Å². The number of carbonyl (C=O) groups is 2. The maximum Gasteiger partial charge on any atom is 0.339 e. The number of rotatable bonds is 12. The number of unbranched alkanes of at least 4 members (excludes halogenated alkanes) is 5. The van der Waals surface area contributed by atoms with Crippen molar-refractivity contribution >= 4 is 11.9 Å². The van der Waals surface area contributed by atoms with Crippen molar-refractivity contribution in [3.63, 3.8) is 0 Å². The Bertz CT molecular complexity index is 563. The third-order valence-corrected chi connectivity index (χ3v) is 3.86. The lowest BCUT2D eigenvalue weighted by molar-refractivity contribution is 0.0456. The fourth-order valence-electron chi connectivity index (χ4n) is 2.36. The lowest BCUT2D eigenvalue weighted by atomic mass is 10.1. The van der Waals surface area contributed by atoms with Gasteiger partial charge >= 0.3 is 11.9 Å². The molecule has 0 heterocycles. The number of esters is 2. The van der Waals surface area contributed by atoms with Crippen LogP contribution in [-0.4, -0.2) is 25.2 Å². The molecule has 0 atom stereocenters. The molecule has 0 aliphatic carbocycles. The largest absolute Gasteiger partial charge is 0.462 e. The highest BCUT2D eigenvalue weighted by Gasteiger charge is 2.18. The van der Waals surface area contributed by atoms with Crippen LogP contribution in [0.25, 0.3) is 0 Å². The van der Waals surface area contributed by atoms with Crippen molar-refractivity contribution in [1.82, 2.24) is 0 Å². The second-order valence-corrected chi connectivity index (χ2v) is 6.29. The predicted octanol–water partition coefficient (Wildman–Crippen LogP) is 5.33. The summed E-state index contributed by atoms with van der Waals surface area (Å²) < 4.78 is 10.5. The first-order chi connectivity index (χ1) is 12.1. The summed E-state index contributed by atoms with van der Waals surface area (Å²) in [5, 5.41) is 0. The van der Waals surface area contributed by atoms with Gasteiger partial charge in [-0.05, 0) is 25.5 Å². The van der Waals surface area contributed by atoms with Crippen LogP contribution in [0.2, 0.25) is 0 Å². The van der Waals surface area contributed by atoms with Gasteiger partial charge in [-0.25, -0.2) is 9.59 Å². The molecule has 1 aromatic rings. The third kappa shape index (κ3) is 8.52. The molecule has 0 spiro atoms. The Morgan fingerprint density at radius 2 is 1.40 bits per heavy atom. The SMILES string of the molecule is C=C(C)CCOC(=O)c1ccccc1C(=O)OCCCCCCCC. The van der Waals surface area contributed by atoms with Crippen LogP contribution >= 0.6 is 0 Å². The van der Waals surface area contributed by atoms with E-state index in [2.05, 4.69) is 13.5 Å². The molecule has 4 nitrogen and oxygen atoms in total. The fourth-order valence-corrected chi connectivity index (χ4v) is 2.36. The Labute approximate surface area is 151 Å². The highest BCUT2D eigenvalue weighted by molar-refractivity contribution is 6.03. The van der Waals surface area contributed by atoms with Crippen LogP contribution in [0.1, 0.15) is 79.5 Å². The average Bonchev–Trinajstić information content (AvgIpc) is 2.60. The Morgan fingerprint density at radius 3 is 1.96 bits per heavy atom. The van der Waals surface area contributed by atoms with E-state index in [9.17, 15) is 9.59 Å². The summed E-state index contributed by atoms with van der Waals surface area (Å²) in [5.74, 6) is -0.977. The molecule has 0 bridgehead atoms. The molecule has 0 unspecified atom stereocenters. The first kappa shape index (κ1) is 20.9. The van der Waals surface area contributed by atoms with E-state index < -0.39 is 11.9 Å². The highest BCUT2D eigenvalue weighted by atomic mass is 16.5. The molecule has 1 rings (SSSR count). The van der Waals surface area contributed by atoms with Crippen molar-refractivity contribution in [3.8, 4) is 0 Å². The lowest BCUT2D eigenvalue weighted by Crippen LogP contribution is -2.15. The lowest BCUT2D eigenvalue weighted by Gasteiger charge is -2.10. The maximum absolute atomic E-state index is 12.2. The van der Waals surface area contributed by atoms with Crippen LogP contribution in [0.5, 0.6) is 0 Å². The summed E-state index contributed by atoms with van der Waals surface area (Å²) in [5.41, 5.74) is 1.45. The molecule has 0 saturated carbocycles. The summed E-state index contributed by atoms with van der Waals surface area (Å²) in [7, 11) is 0. The number of hydrogen-bond acceptors (Lipinski definition) is 4. The monoisotopic (exact) mass is 346 g/mol. The molecule has 0 aromatic heterocycles. The molecule has 138 valence electrons. The van der Waals surface area contributed by atoms with E-state index in [0.717, 1.165) is 24.8 Å². The van der Waals surface area contributed by atoms with Crippen LogP contribution in [0.3, 0.4) is 0 Å². The normalized spacial score (nSPS) is 10.3. The molecular formula is C21H30O4. The first-order valence-electron chi connectivity index (χ1n) is 9.14. The van der Waals surface area contributed by atoms with Gasteiger partial charge in [0.05, 0.1) is 24.3 Å². The van der Waals surface area contributed by atoms with Gasteiger partial charge in [0.15, 0.2) is 0 Å². The Hall–Kier alpha value is -2.10. The van der Waals surface area contributed by atoms with Crippen molar-refractivity contribution in [2.45, 2.75) is 58.8 Å². The van der Waals surface area contributed by atoms with Gasteiger partial charge in [-0.1, -0.05) is 56.7 Å². The Kier molecular flexibility index (Phi) is 10.3. The van der Waals surface area contributed by atoms with E-state index in [1.54, 1.807) is 24.3 Å². The van der Waals surface area contributed by atoms with Gasteiger partial charge < -0.3 is 9.47 Å². The first-order valence-corrected chi connectivity index (χ1v) is 9.14. The summed E-state index contributed by atoms with van der Waals surface area (Å²) in [6, 6.07) is 6.61. The minimum absolute atomic E-state index is 0.247. The number of benzene rings is 1. The molecule has 0 radical (unpaired) electrons. The standard InChI is InChI=1S/C21H30O4/c1-4-5-6-7-8-11-15-24-20(22)18-12-9-10-13-19(18)21(23)25-16-14-17(2)3/h9-10,12-13H,2,4-8,11,14-16H2,1,3H3. The van der Waals surface area contributed by atoms with Gasteiger partial charge in [0.25, 0.3) is 0 Å². The van der Waals surface area contributed by atoms with Gasteiger partial charge in [-0.2, -0.15) is 0 Å². The zero-order chi connectivity index (χ0) is 18.5. The fraction of sp³-hybridized carbons (Fsp3) is 0.524. The van der Waals surface area contributed by atoms with Gasteiger partial charge in [0.1, 0.15) is 0 Å². The van der Waals surface area contributed by atoms with Crippen LogP contribution in [0.4, 0.5) is 0 Å². The Morgan fingerprint density at radius 1 is 0.880 bits per heavy atom. The van der Waals surface area contributed by atoms with Gasteiger partial charge in [-0.15, -0.1) is 6.58 Å². The molecule has 0 fully saturated rings. The zero-order valence-electron chi connectivity index (χ0n) is 15.5. The molecule has 0 amide bonds. The molecular weight excluding hydrogens is 316 g/mol. The van der Waals surface area contributed by atoms with Crippen LogP contribution in [0.15, 0.2) is 36.4 Å². The van der Waals surface area contributed by atoms with E-state index >= 15 is 0 Å². The second-order valence-electron chi connectivity index (χ2n) is 6.29. The van der Waals surface area contributed by atoms with E-state index in [0.29, 0.717) is 13.0 Å². The number of hydrogen-bond donors (Lipinski definition) is 0. The number of ether oxygens (including phenoxy) is 2. The molecule has 4 heteroatoms. The third-order valence-electron chi connectivity index (χ3n) is 3.86. The molecule has 0 saturated heterocycles. The van der Waals surface area contributed by atoms with E-state index in [1.807, 2.05) is 6.92 Å². The highest BCUT2D eigenvalue weighted by Crippen LogP contribution is 2.13. The topological polar surface area (TPSA) is 52.6 Å². The molecule has 0 aliphatic rings. The van der Waals surface area contributed by atoms with Crippen LogP contribution in [0, 0.1) is 0 Å². The molecule has 1 aromatic carbocycles. The van der Waals surface area contributed by atoms with Crippen LogP contribution in [-0.2, 0) is 9.47 Å². The Balaban J connectivity index is 2.47. The summed E-state index contributed by atoms with van der Waals surface area (Å²) in [6.07, 6.45) is 7.37. The van der Waals surface area contributed by atoms with E-state index in [-0.39, 0.29) is 17.7 Å². The molecule has 0 N–H and O–H groups in total. The van der Waals surface area contributed by atoms with E-state index in [1.165, 1.54) is 19.3 Å². The zero-order valence-corrected chi connectivity index (χ0v) is 15.5. The molecule has 0 aliphatic heterocycles. The van der Waals surface area contributed by atoms with E-state index in [4.69, 9.17) is 9.47 Å². The smallest absolute Gasteiger partial charge is 0.339 e. The maximum atomic E-state index is 12.2.